The van der Waals surface area contributed by atoms with Crippen molar-refractivity contribution >= 4 is 30.5 Å². The molecule has 3 N–H and O–H groups in total. The molecule has 0 atom stereocenters. The third-order valence-electron chi connectivity index (χ3n) is 0.930. The van der Waals surface area contributed by atoms with Gasteiger partial charge >= 0.3 is 6.09 Å². The van der Waals surface area contributed by atoms with E-state index >= 15 is 0 Å². The van der Waals surface area contributed by atoms with Crippen molar-refractivity contribution in [2.24, 2.45) is 0 Å². The van der Waals surface area contributed by atoms with Gasteiger partial charge in [-0.15, -0.1) is 0 Å². The first kappa shape index (κ1) is 12.6. The third kappa shape index (κ3) is 7.22. The van der Waals surface area contributed by atoms with E-state index in [1.54, 1.807) is 5.48 Å². The van der Waals surface area contributed by atoms with Crippen LogP contribution in [0.2, 0.25) is 0 Å². The summed E-state index contributed by atoms with van der Waals surface area (Å²) in [7, 11) is 0. The van der Waals surface area contributed by atoms with Crippen molar-refractivity contribution in [2.75, 3.05) is 5.75 Å². The molecule has 0 saturated heterocycles. The number of hydrogen-bond acceptors (Lipinski definition) is 5. The summed E-state index contributed by atoms with van der Waals surface area (Å²) in [6, 6.07) is 0. The van der Waals surface area contributed by atoms with Crippen LogP contribution in [-0.2, 0) is 14.4 Å². The minimum absolute atomic E-state index is 0.170. The van der Waals surface area contributed by atoms with Gasteiger partial charge in [-0.25, -0.2) is 10.2 Å². The first-order valence-electron chi connectivity index (χ1n) is 3.69. The Bertz CT molecular complexity index is 233. The minimum atomic E-state index is -0.979. The average molecular weight is 221 g/mol. The molecule has 0 aromatic carbocycles. The predicted octanol–water partition coefficient (Wildman–Crippen LogP) is -0.885. The number of thiol groups is 1. The molecule has 0 saturated carbocycles. The van der Waals surface area contributed by atoms with Crippen LogP contribution < -0.4 is 16.3 Å². The van der Waals surface area contributed by atoms with Crippen molar-refractivity contribution in [1.82, 2.24) is 16.3 Å². The fourth-order valence-electron chi connectivity index (χ4n) is 0.429. The smallest absolute Gasteiger partial charge is 0.320 e. The number of carbonyl (C=O) groups is 3. The van der Waals surface area contributed by atoms with Gasteiger partial charge in [-0.3, -0.25) is 15.0 Å². The monoisotopic (exact) mass is 221 g/mol. The van der Waals surface area contributed by atoms with Crippen molar-refractivity contribution in [3.8, 4) is 0 Å². The molecular weight excluding hydrogens is 210 g/mol. The highest BCUT2D eigenvalue weighted by molar-refractivity contribution is 7.80. The van der Waals surface area contributed by atoms with Crippen LogP contribution in [-0.4, -0.2) is 23.7 Å². The van der Waals surface area contributed by atoms with Crippen LogP contribution in [0, 0.1) is 0 Å². The number of amides is 3. The molecule has 0 aliphatic rings. The standard InChI is InChI=1S/C6H11N3O4S/c1-4(10)9-13-6(12)8-7-5(11)2-3-14/h14H,2-3H2,1H3,(H,7,11)(H,8,12)(H,9,10). The van der Waals surface area contributed by atoms with Crippen molar-refractivity contribution in [3.63, 3.8) is 0 Å². The normalized spacial score (nSPS) is 8.71. The molecule has 3 amide bonds. The van der Waals surface area contributed by atoms with Crippen molar-refractivity contribution in [3.05, 3.63) is 0 Å². The second kappa shape index (κ2) is 7.01. The molecule has 8 heteroatoms. The number of carbonyl (C=O) groups excluding carboxylic acids is 3. The molecule has 0 bridgehead atoms. The zero-order valence-corrected chi connectivity index (χ0v) is 8.39. The van der Waals surface area contributed by atoms with Gasteiger partial charge in [0, 0.05) is 13.3 Å². The molecule has 7 nitrogen and oxygen atoms in total. The maximum absolute atomic E-state index is 10.8. The van der Waals surface area contributed by atoms with E-state index in [4.69, 9.17) is 0 Å². The summed E-state index contributed by atoms with van der Waals surface area (Å²) in [6.45, 7) is 1.17. The Labute approximate surface area is 85.9 Å². The lowest BCUT2D eigenvalue weighted by molar-refractivity contribution is -0.127. The van der Waals surface area contributed by atoms with E-state index in [9.17, 15) is 14.4 Å². The summed E-state index contributed by atoms with van der Waals surface area (Å²) >= 11 is 3.81. The molecule has 0 spiro atoms. The summed E-state index contributed by atoms with van der Waals surface area (Å²) in [4.78, 5) is 35.9. The first-order valence-corrected chi connectivity index (χ1v) is 4.32. The van der Waals surface area contributed by atoms with E-state index in [1.165, 1.54) is 6.92 Å². The average Bonchev–Trinajstić information content (AvgIpc) is 2.12. The largest absolute Gasteiger partial charge is 0.450 e. The highest BCUT2D eigenvalue weighted by Gasteiger charge is 2.04. The Kier molecular flexibility index (Phi) is 6.29. The zero-order valence-electron chi connectivity index (χ0n) is 7.49. The van der Waals surface area contributed by atoms with E-state index in [1.807, 2.05) is 10.9 Å². The predicted molar refractivity (Wildman–Crippen MR) is 50.0 cm³/mol. The maximum atomic E-state index is 10.8. The maximum Gasteiger partial charge on any atom is 0.450 e. The molecule has 0 aromatic rings. The Morgan fingerprint density at radius 1 is 1.29 bits per heavy atom. The van der Waals surface area contributed by atoms with E-state index in [0.717, 1.165) is 0 Å². The fourth-order valence-corrected chi connectivity index (χ4v) is 0.632. The molecule has 0 radical (unpaired) electrons. The van der Waals surface area contributed by atoms with Gasteiger partial charge in [0.1, 0.15) is 0 Å². The van der Waals surface area contributed by atoms with Gasteiger partial charge in [0.15, 0.2) is 0 Å². The van der Waals surface area contributed by atoms with Crippen molar-refractivity contribution in [2.45, 2.75) is 13.3 Å². The summed E-state index contributed by atoms with van der Waals surface area (Å²) in [5, 5.41) is 0. The number of hydroxylamine groups is 1. The lowest BCUT2D eigenvalue weighted by atomic mass is 10.5. The Morgan fingerprint density at radius 3 is 2.43 bits per heavy atom. The van der Waals surface area contributed by atoms with E-state index < -0.39 is 17.9 Å². The van der Waals surface area contributed by atoms with Crippen LogP contribution >= 0.6 is 12.6 Å². The second-order valence-electron chi connectivity index (χ2n) is 2.19. The molecule has 0 aliphatic carbocycles. The highest BCUT2D eigenvalue weighted by Crippen LogP contribution is 1.81. The fraction of sp³-hybridized carbons (Fsp3) is 0.500. The topological polar surface area (TPSA) is 96.5 Å². The molecule has 14 heavy (non-hydrogen) atoms. The Morgan fingerprint density at radius 2 is 1.93 bits per heavy atom. The Hall–Kier alpha value is -1.44. The molecule has 0 fully saturated rings. The van der Waals surface area contributed by atoms with E-state index in [2.05, 4.69) is 17.5 Å². The number of hydrazine groups is 1. The Balaban J connectivity index is 3.53. The van der Waals surface area contributed by atoms with Crippen molar-refractivity contribution < 1.29 is 19.2 Å². The minimum Gasteiger partial charge on any atom is -0.320 e. The van der Waals surface area contributed by atoms with E-state index in [-0.39, 0.29) is 6.42 Å². The van der Waals surface area contributed by atoms with Gasteiger partial charge in [-0.1, -0.05) is 0 Å². The van der Waals surface area contributed by atoms with Gasteiger partial charge in [0.2, 0.25) is 11.8 Å². The van der Waals surface area contributed by atoms with Gasteiger partial charge in [-0.2, -0.15) is 18.1 Å². The molecular formula is C6H11N3O4S. The van der Waals surface area contributed by atoms with Gasteiger partial charge in [-0.05, 0) is 5.75 Å². The molecule has 0 aromatic heterocycles. The second-order valence-corrected chi connectivity index (χ2v) is 2.64. The quantitative estimate of drug-likeness (QED) is 0.359. The zero-order chi connectivity index (χ0) is 11.0. The van der Waals surface area contributed by atoms with Gasteiger partial charge in [0.05, 0.1) is 0 Å². The number of nitrogens with one attached hydrogen (secondary N) is 3. The summed E-state index contributed by atoms with van der Waals surface area (Å²) in [6.07, 6.45) is -0.809. The third-order valence-corrected chi connectivity index (χ3v) is 1.15. The highest BCUT2D eigenvalue weighted by atomic mass is 32.1. The van der Waals surface area contributed by atoms with E-state index in [0.29, 0.717) is 5.75 Å². The van der Waals surface area contributed by atoms with Gasteiger partial charge < -0.3 is 4.84 Å². The summed E-state index contributed by atoms with van der Waals surface area (Å²) < 4.78 is 0. The molecule has 0 rings (SSSR count). The summed E-state index contributed by atoms with van der Waals surface area (Å²) in [5.41, 5.74) is 5.74. The SMILES string of the molecule is CC(=O)NOC(=O)NNC(=O)CCS. The number of rotatable bonds is 2. The van der Waals surface area contributed by atoms with Crippen LogP contribution in [0.15, 0.2) is 0 Å². The number of hydrogen-bond donors (Lipinski definition) is 4. The summed E-state index contributed by atoms with van der Waals surface area (Å²) in [5.74, 6) is -0.560. The molecule has 80 valence electrons. The van der Waals surface area contributed by atoms with Crippen molar-refractivity contribution in [1.29, 1.82) is 0 Å². The lowest BCUT2D eigenvalue weighted by Gasteiger charge is -2.06. The molecule has 0 aliphatic heterocycles. The van der Waals surface area contributed by atoms with Crippen LogP contribution in [0.4, 0.5) is 4.79 Å². The first-order chi connectivity index (χ1) is 6.56. The van der Waals surface area contributed by atoms with Crippen LogP contribution in [0.3, 0.4) is 0 Å². The van der Waals surface area contributed by atoms with Crippen LogP contribution in [0.25, 0.3) is 0 Å². The van der Waals surface area contributed by atoms with Crippen LogP contribution in [0.5, 0.6) is 0 Å². The van der Waals surface area contributed by atoms with Crippen LogP contribution in [0.1, 0.15) is 13.3 Å². The molecule has 0 heterocycles. The molecule has 0 unspecified atom stereocenters. The van der Waals surface area contributed by atoms with Gasteiger partial charge in [0.25, 0.3) is 0 Å². The lowest BCUT2D eigenvalue weighted by Crippen LogP contribution is -2.44.